The highest BCUT2D eigenvalue weighted by Gasteiger charge is 2.21. The summed E-state index contributed by atoms with van der Waals surface area (Å²) in [5.41, 5.74) is 9.06. The van der Waals surface area contributed by atoms with Crippen molar-refractivity contribution in [2.24, 2.45) is 0 Å². The second-order valence-electron chi connectivity index (χ2n) is 12.0. The molecule has 0 aliphatic heterocycles. The molecule has 9 rings (SSSR count). The van der Waals surface area contributed by atoms with Crippen LogP contribution in [0.5, 0.6) is 0 Å². The van der Waals surface area contributed by atoms with Gasteiger partial charge in [0.1, 0.15) is 5.52 Å². The summed E-state index contributed by atoms with van der Waals surface area (Å²) in [4.78, 5) is 9.72. The lowest BCUT2D eigenvalue weighted by molar-refractivity contribution is 0.623. The quantitative estimate of drug-likeness (QED) is 0.164. The van der Waals surface area contributed by atoms with E-state index in [-0.39, 0.29) is 0 Å². The lowest BCUT2D eigenvalue weighted by Gasteiger charge is -2.27. The van der Waals surface area contributed by atoms with Crippen molar-refractivity contribution < 1.29 is 4.42 Å². The fourth-order valence-electron chi connectivity index (χ4n) is 6.78. The molecule has 232 valence electrons. The monoisotopic (exact) mass is 629 g/mol. The topological polar surface area (TPSA) is 32.5 Å². The summed E-state index contributed by atoms with van der Waals surface area (Å²) >= 11 is 0. The van der Waals surface area contributed by atoms with Gasteiger partial charge in [-0.25, -0.2) is 4.98 Å². The molecule has 0 saturated carbocycles. The number of nitrogens with zero attached hydrogens (tertiary/aromatic N) is 3. The molecule has 0 spiro atoms. The number of anilines is 6. The molecular formula is C45H31N3O. The molecule has 0 radical (unpaired) electrons. The van der Waals surface area contributed by atoms with Gasteiger partial charge < -0.3 is 14.2 Å². The Bertz CT molecular complexity index is 2290. The van der Waals surface area contributed by atoms with Gasteiger partial charge >= 0.3 is 0 Å². The van der Waals surface area contributed by atoms with E-state index in [1.807, 2.05) is 30.3 Å². The van der Waals surface area contributed by atoms with Gasteiger partial charge in [0, 0.05) is 50.5 Å². The van der Waals surface area contributed by atoms with Gasteiger partial charge in [0.2, 0.25) is 5.89 Å². The fraction of sp³-hybridized carbons (Fsp3) is 0. The average Bonchev–Trinajstić information content (AvgIpc) is 3.63. The van der Waals surface area contributed by atoms with Crippen molar-refractivity contribution >= 4 is 66.8 Å². The van der Waals surface area contributed by atoms with Crippen molar-refractivity contribution in [1.82, 2.24) is 4.98 Å². The molecule has 1 heterocycles. The van der Waals surface area contributed by atoms with E-state index in [4.69, 9.17) is 9.40 Å². The van der Waals surface area contributed by atoms with Crippen LogP contribution in [0.4, 0.5) is 34.1 Å². The third-order valence-electron chi connectivity index (χ3n) is 9.02. The van der Waals surface area contributed by atoms with E-state index >= 15 is 0 Å². The molecule has 0 saturated heterocycles. The van der Waals surface area contributed by atoms with Gasteiger partial charge in [0.25, 0.3) is 0 Å². The van der Waals surface area contributed by atoms with Crippen LogP contribution in [0.15, 0.2) is 192 Å². The van der Waals surface area contributed by atoms with Crippen LogP contribution in [-0.4, -0.2) is 4.98 Å². The number of benzene rings is 8. The second-order valence-corrected chi connectivity index (χ2v) is 12.0. The van der Waals surface area contributed by atoms with E-state index in [1.54, 1.807) is 0 Å². The van der Waals surface area contributed by atoms with Crippen LogP contribution in [0.3, 0.4) is 0 Å². The van der Waals surface area contributed by atoms with E-state index in [9.17, 15) is 0 Å². The minimum Gasteiger partial charge on any atom is -0.435 e. The van der Waals surface area contributed by atoms with Crippen molar-refractivity contribution in [2.75, 3.05) is 9.80 Å². The van der Waals surface area contributed by atoms with E-state index in [1.165, 1.54) is 0 Å². The Hall–Kier alpha value is -6.65. The minimum atomic E-state index is 0.614. The summed E-state index contributed by atoms with van der Waals surface area (Å²) in [7, 11) is 0. The van der Waals surface area contributed by atoms with Gasteiger partial charge in [-0.05, 0) is 108 Å². The van der Waals surface area contributed by atoms with Crippen molar-refractivity contribution in [1.29, 1.82) is 0 Å². The van der Waals surface area contributed by atoms with E-state index in [0.29, 0.717) is 5.89 Å². The summed E-state index contributed by atoms with van der Waals surface area (Å²) in [5, 5.41) is 4.26. The first-order chi connectivity index (χ1) is 24.3. The van der Waals surface area contributed by atoms with Gasteiger partial charge in [-0.1, -0.05) is 91.0 Å². The molecule has 1 aromatic heterocycles. The standard InChI is InChI=1S/C45H31N3O/c1-6-16-32(17-7-1)45-46-43-39-28-26-37(47(33-18-8-2-9-19-33)34-20-10-3-11-21-34)30-41(39)42-31-38(27-29-40(42)44(43)49-45)48(35-22-12-4-13-23-35)36-24-14-5-15-25-36/h1-31H. The molecule has 0 fully saturated rings. The van der Waals surface area contributed by atoms with E-state index < -0.39 is 0 Å². The first-order valence-corrected chi connectivity index (χ1v) is 16.5. The molecule has 9 aromatic rings. The third-order valence-corrected chi connectivity index (χ3v) is 9.02. The van der Waals surface area contributed by atoms with Crippen LogP contribution in [0.25, 0.3) is 44.1 Å². The molecule has 49 heavy (non-hydrogen) atoms. The number of aromatic nitrogens is 1. The highest BCUT2D eigenvalue weighted by molar-refractivity contribution is 6.24. The van der Waals surface area contributed by atoms with Gasteiger partial charge in [-0.2, -0.15) is 0 Å². The fourth-order valence-corrected chi connectivity index (χ4v) is 6.78. The Morgan fingerprint density at radius 1 is 0.347 bits per heavy atom. The molecule has 0 atom stereocenters. The first kappa shape index (κ1) is 28.6. The van der Waals surface area contributed by atoms with Crippen LogP contribution in [0, 0.1) is 0 Å². The molecule has 8 aromatic carbocycles. The zero-order valence-corrected chi connectivity index (χ0v) is 26.6. The minimum absolute atomic E-state index is 0.614. The van der Waals surface area contributed by atoms with Crippen LogP contribution >= 0.6 is 0 Å². The van der Waals surface area contributed by atoms with Gasteiger partial charge in [0.05, 0.1) is 0 Å². The SMILES string of the molecule is c1ccc(-c2nc3c4ccc(N(c5ccccc5)c5ccccc5)cc4c4cc(N(c5ccccc5)c5ccccc5)ccc4c3o2)cc1. The lowest BCUT2D eigenvalue weighted by atomic mass is 9.98. The lowest BCUT2D eigenvalue weighted by Crippen LogP contribution is -2.10. The molecule has 0 aliphatic rings. The molecule has 0 amide bonds. The maximum absolute atomic E-state index is 6.63. The zero-order valence-electron chi connectivity index (χ0n) is 26.6. The highest BCUT2D eigenvalue weighted by Crippen LogP contribution is 2.44. The molecule has 0 bridgehead atoms. The summed E-state index contributed by atoms with van der Waals surface area (Å²) in [5.74, 6) is 0.614. The van der Waals surface area contributed by atoms with Gasteiger partial charge in [-0.3, -0.25) is 0 Å². The number of para-hydroxylation sites is 4. The Kier molecular flexibility index (Phi) is 7.10. The van der Waals surface area contributed by atoms with Crippen molar-refractivity contribution in [3.05, 3.63) is 188 Å². The molecule has 0 aliphatic carbocycles. The molecule has 0 N–H and O–H groups in total. The van der Waals surface area contributed by atoms with Crippen molar-refractivity contribution in [3.63, 3.8) is 0 Å². The summed E-state index contributed by atoms with van der Waals surface area (Å²) < 4.78 is 6.63. The number of rotatable bonds is 7. The number of fused-ring (bicyclic) bond motifs is 6. The average molecular weight is 630 g/mol. The second kappa shape index (κ2) is 12.2. The number of hydrogen-bond donors (Lipinski definition) is 0. The Morgan fingerprint density at radius 2 is 0.735 bits per heavy atom. The normalized spacial score (nSPS) is 11.3. The summed E-state index contributed by atoms with van der Waals surface area (Å²) in [6.45, 7) is 0. The Balaban J connectivity index is 1.34. The number of oxazole rings is 1. The van der Waals surface area contributed by atoms with Crippen molar-refractivity contribution in [3.8, 4) is 11.5 Å². The Morgan fingerprint density at radius 3 is 1.18 bits per heavy atom. The van der Waals surface area contributed by atoms with Crippen LogP contribution in [-0.2, 0) is 0 Å². The first-order valence-electron chi connectivity index (χ1n) is 16.5. The predicted molar refractivity (Wildman–Crippen MR) is 204 cm³/mol. The highest BCUT2D eigenvalue weighted by atomic mass is 16.3. The predicted octanol–water partition coefficient (Wildman–Crippen LogP) is 12.7. The van der Waals surface area contributed by atoms with Gasteiger partial charge in [-0.15, -0.1) is 0 Å². The van der Waals surface area contributed by atoms with Crippen LogP contribution < -0.4 is 9.80 Å². The molecule has 4 nitrogen and oxygen atoms in total. The van der Waals surface area contributed by atoms with Crippen LogP contribution in [0.1, 0.15) is 0 Å². The largest absolute Gasteiger partial charge is 0.435 e. The molecular weight excluding hydrogens is 599 g/mol. The van der Waals surface area contributed by atoms with E-state index in [0.717, 1.165) is 72.3 Å². The smallest absolute Gasteiger partial charge is 0.227 e. The maximum Gasteiger partial charge on any atom is 0.227 e. The maximum atomic E-state index is 6.63. The van der Waals surface area contributed by atoms with Crippen molar-refractivity contribution in [2.45, 2.75) is 0 Å². The van der Waals surface area contributed by atoms with Crippen LogP contribution in [0.2, 0.25) is 0 Å². The number of hydrogen-bond acceptors (Lipinski definition) is 4. The van der Waals surface area contributed by atoms with Gasteiger partial charge in [0.15, 0.2) is 5.58 Å². The third kappa shape index (κ3) is 5.16. The summed E-state index contributed by atoms with van der Waals surface area (Å²) in [6, 6.07) is 65.6. The zero-order chi connectivity index (χ0) is 32.6. The molecule has 0 unspecified atom stereocenters. The molecule has 4 heteroatoms. The van der Waals surface area contributed by atoms with E-state index in [2.05, 4.69) is 168 Å². The Labute approximate surface area is 284 Å². The summed E-state index contributed by atoms with van der Waals surface area (Å²) in [6.07, 6.45) is 0.